The first-order chi connectivity index (χ1) is 8.56. The fourth-order valence-corrected chi connectivity index (χ4v) is 1.85. The number of nitrogens with zero attached hydrogens (tertiary/aromatic N) is 3. The molecule has 0 saturated heterocycles. The van der Waals surface area contributed by atoms with Crippen molar-refractivity contribution in [3.05, 3.63) is 40.4 Å². The van der Waals surface area contributed by atoms with E-state index >= 15 is 0 Å². The Bertz CT molecular complexity index is 582. The molecule has 0 fully saturated rings. The molecule has 7 heteroatoms. The van der Waals surface area contributed by atoms with Crippen molar-refractivity contribution in [3.8, 4) is 0 Å². The molecule has 0 radical (unpaired) electrons. The normalized spacial score (nSPS) is 10.3. The van der Waals surface area contributed by atoms with Gasteiger partial charge in [0, 0.05) is 17.2 Å². The molecule has 0 aliphatic carbocycles. The van der Waals surface area contributed by atoms with Crippen LogP contribution in [0.1, 0.15) is 16.2 Å². The topological polar surface area (TPSA) is 80.0 Å². The summed E-state index contributed by atoms with van der Waals surface area (Å²) in [6.45, 7) is 0.378. The number of carboxylic acids is 1. The number of carbonyl (C=O) groups is 1. The first-order valence-corrected chi connectivity index (χ1v) is 5.97. The van der Waals surface area contributed by atoms with Crippen molar-refractivity contribution in [1.29, 1.82) is 0 Å². The van der Waals surface area contributed by atoms with Gasteiger partial charge in [0.05, 0.1) is 12.1 Å². The lowest BCUT2D eigenvalue weighted by Crippen LogP contribution is -2.07. The summed E-state index contributed by atoms with van der Waals surface area (Å²) in [6.07, 6.45) is 1.59. The number of aromatic carboxylic acids is 1. The Hall–Kier alpha value is -1.89. The second-order valence-corrected chi connectivity index (χ2v) is 4.60. The molecule has 0 saturated carbocycles. The molecular formula is C11H11BrN4O2. The minimum absolute atomic E-state index is 0.209. The average molecular weight is 311 g/mol. The number of hydrogen-bond acceptors (Lipinski definition) is 4. The van der Waals surface area contributed by atoms with E-state index in [4.69, 9.17) is 5.11 Å². The van der Waals surface area contributed by atoms with Crippen LogP contribution in [0.3, 0.4) is 0 Å². The predicted octanol–water partition coefficient (Wildman–Crippen LogP) is 1.89. The van der Waals surface area contributed by atoms with Gasteiger partial charge in [-0.25, -0.2) is 9.78 Å². The number of benzene rings is 1. The van der Waals surface area contributed by atoms with E-state index in [1.807, 2.05) is 0 Å². The highest BCUT2D eigenvalue weighted by Gasteiger charge is 2.10. The molecule has 0 unspecified atom stereocenters. The fraction of sp³-hybridized carbons (Fsp3) is 0.182. The predicted molar refractivity (Wildman–Crippen MR) is 69.4 cm³/mol. The standard InChI is InChI=1S/C11H11BrN4O2/c1-16-6-14-10(15-16)5-13-9-3-2-7(12)4-8(9)11(17)18/h2-4,6,13H,5H2,1H3,(H,17,18). The molecule has 0 atom stereocenters. The number of hydrogen-bond donors (Lipinski definition) is 2. The zero-order valence-electron chi connectivity index (χ0n) is 9.59. The van der Waals surface area contributed by atoms with Crippen LogP contribution in [0.25, 0.3) is 0 Å². The number of aryl methyl sites for hydroxylation is 1. The summed E-state index contributed by atoms with van der Waals surface area (Å²) in [5.74, 6) is -0.371. The van der Waals surface area contributed by atoms with Crippen molar-refractivity contribution in [2.45, 2.75) is 6.54 Å². The van der Waals surface area contributed by atoms with Gasteiger partial charge in [-0.15, -0.1) is 0 Å². The number of nitrogens with one attached hydrogen (secondary N) is 1. The van der Waals surface area contributed by atoms with Crippen LogP contribution in [-0.4, -0.2) is 25.8 Å². The van der Waals surface area contributed by atoms with Gasteiger partial charge in [-0.05, 0) is 18.2 Å². The second-order valence-electron chi connectivity index (χ2n) is 3.68. The molecule has 0 amide bonds. The summed E-state index contributed by atoms with van der Waals surface area (Å²) in [5, 5.41) is 16.2. The zero-order valence-corrected chi connectivity index (χ0v) is 11.2. The smallest absolute Gasteiger partial charge is 0.337 e. The van der Waals surface area contributed by atoms with Crippen LogP contribution in [0, 0.1) is 0 Å². The third-order valence-electron chi connectivity index (χ3n) is 2.30. The molecule has 6 nitrogen and oxygen atoms in total. The SMILES string of the molecule is Cn1cnc(CNc2ccc(Br)cc2C(=O)O)n1. The minimum atomic E-state index is -0.979. The molecule has 0 bridgehead atoms. The molecule has 0 aliphatic heterocycles. The van der Waals surface area contributed by atoms with E-state index in [0.717, 1.165) is 4.47 Å². The first kappa shape index (κ1) is 12.6. The zero-order chi connectivity index (χ0) is 13.1. The van der Waals surface area contributed by atoms with E-state index in [1.165, 1.54) is 0 Å². The van der Waals surface area contributed by atoms with Gasteiger partial charge < -0.3 is 10.4 Å². The molecule has 2 rings (SSSR count). The largest absolute Gasteiger partial charge is 0.478 e. The Morgan fingerprint density at radius 2 is 2.33 bits per heavy atom. The van der Waals surface area contributed by atoms with E-state index in [1.54, 1.807) is 36.3 Å². The molecule has 94 valence electrons. The van der Waals surface area contributed by atoms with Crippen molar-refractivity contribution < 1.29 is 9.90 Å². The van der Waals surface area contributed by atoms with Crippen LogP contribution >= 0.6 is 15.9 Å². The van der Waals surface area contributed by atoms with Gasteiger partial charge in [0.1, 0.15) is 6.33 Å². The molecule has 1 aromatic heterocycles. The molecule has 18 heavy (non-hydrogen) atoms. The lowest BCUT2D eigenvalue weighted by molar-refractivity contribution is 0.0698. The Balaban J connectivity index is 2.16. The van der Waals surface area contributed by atoms with Gasteiger partial charge in [0.25, 0.3) is 0 Å². The van der Waals surface area contributed by atoms with E-state index in [2.05, 4.69) is 31.3 Å². The summed E-state index contributed by atoms with van der Waals surface area (Å²) < 4.78 is 2.32. The Morgan fingerprint density at radius 3 is 2.94 bits per heavy atom. The first-order valence-electron chi connectivity index (χ1n) is 5.17. The lowest BCUT2D eigenvalue weighted by atomic mass is 10.2. The van der Waals surface area contributed by atoms with Gasteiger partial charge in [0.2, 0.25) is 0 Å². The van der Waals surface area contributed by atoms with Crippen molar-refractivity contribution in [3.63, 3.8) is 0 Å². The van der Waals surface area contributed by atoms with Crippen LogP contribution in [-0.2, 0) is 13.6 Å². The Kier molecular flexibility index (Phi) is 3.61. The van der Waals surface area contributed by atoms with Crippen LogP contribution in [0.2, 0.25) is 0 Å². The third kappa shape index (κ3) is 2.86. The maximum atomic E-state index is 11.1. The molecular weight excluding hydrogens is 300 g/mol. The van der Waals surface area contributed by atoms with Crippen LogP contribution in [0.15, 0.2) is 29.0 Å². The summed E-state index contributed by atoms with van der Waals surface area (Å²) in [7, 11) is 1.78. The highest BCUT2D eigenvalue weighted by molar-refractivity contribution is 9.10. The summed E-state index contributed by atoms with van der Waals surface area (Å²) in [5.41, 5.74) is 0.749. The van der Waals surface area contributed by atoms with Gasteiger partial charge >= 0.3 is 5.97 Å². The van der Waals surface area contributed by atoms with Gasteiger partial charge in [-0.3, -0.25) is 4.68 Å². The minimum Gasteiger partial charge on any atom is -0.478 e. The quantitative estimate of drug-likeness (QED) is 0.901. The lowest BCUT2D eigenvalue weighted by Gasteiger charge is -2.08. The molecule has 0 spiro atoms. The fourth-order valence-electron chi connectivity index (χ4n) is 1.49. The second kappa shape index (κ2) is 5.18. The van der Waals surface area contributed by atoms with Crippen LogP contribution in [0.4, 0.5) is 5.69 Å². The number of carboxylic acid groups (broad SMARTS) is 1. The van der Waals surface area contributed by atoms with Crippen LogP contribution < -0.4 is 5.32 Å². The monoisotopic (exact) mass is 310 g/mol. The number of rotatable bonds is 4. The third-order valence-corrected chi connectivity index (χ3v) is 2.79. The van der Waals surface area contributed by atoms with Crippen molar-refractivity contribution in [2.24, 2.45) is 7.05 Å². The number of aromatic nitrogens is 3. The van der Waals surface area contributed by atoms with Crippen molar-refractivity contribution in [1.82, 2.24) is 14.8 Å². The van der Waals surface area contributed by atoms with Crippen molar-refractivity contribution >= 4 is 27.6 Å². The van der Waals surface area contributed by atoms with Gasteiger partial charge in [-0.2, -0.15) is 5.10 Å². The highest BCUT2D eigenvalue weighted by atomic mass is 79.9. The van der Waals surface area contributed by atoms with E-state index in [-0.39, 0.29) is 5.56 Å². The highest BCUT2D eigenvalue weighted by Crippen LogP contribution is 2.21. The maximum Gasteiger partial charge on any atom is 0.337 e. The Morgan fingerprint density at radius 1 is 1.56 bits per heavy atom. The average Bonchev–Trinajstić information content (AvgIpc) is 2.73. The van der Waals surface area contributed by atoms with E-state index in [0.29, 0.717) is 18.1 Å². The van der Waals surface area contributed by atoms with Gasteiger partial charge in [-0.1, -0.05) is 15.9 Å². The summed E-state index contributed by atoms with van der Waals surface area (Å²) in [4.78, 5) is 15.1. The molecule has 1 aromatic carbocycles. The van der Waals surface area contributed by atoms with Crippen molar-refractivity contribution in [2.75, 3.05) is 5.32 Å². The molecule has 1 heterocycles. The number of halogens is 1. The number of anilines is 1. The Labute approximate surface area is 112 Å². The molecule has 2 aromatic rings. The van der Waals surface area contributed by atoms with E-state index in [9.17, 15) is 4.79 Å². The maximum absolute atomic E-state index is 11.1. The van der Waals surface area contributed by atoms with Gasteiger partial charge in [0.15, 0.2) is 5.82 Å². The molecule has 0 aliphatic rings. The summed E-state index contributed by atoms with van der Waals surface area (Å²) >= 11 is 3.24. The summed E-state index contributed by atoms with van der Waals surface area (Å²) in [6, 6.07) is 5.04. The molecule has 2 N–H and O–H groups in total. The van der Waals surface area contributed by atoms with E-state index < -0.39 is 5.97 Å². The van der Waals surface area contributed by atoms with Crippen LogP contribution in [0.5, 0.6) is 0 Å².